The summed E-state index contributed by atoms with van der Waals surface area (Å²) in [6.07, 6.45) is 4.12. The first-order valence-electron chi connectivity index (χ1n) is 7.68. The molecule has 4 heteroatoms. The molecule has 1 aromatic rings. The fourth-order valence-electron chi connectivity index (χ4n) is 2.51. The van der Waals surface area contributed by atoms with Gasteiger partial charge >= 0.3 is 0 Å². The van der Waals surface area contributed by atoms with E-state index in [2.05, 4.69) is 37.4 Å². The highest BCUT2D eigenvalue weighted by molar-refractivity contribution is 7.99. The number of hydrogen-bond donors (Lipinski definition) is 2. The molecule has 1 unspecified atom stereocenters. The highest BCUT2D eigenvalue weighted by Gasteiger charge is 2.36. The number of nitrogens with two attached hydrogens (primary N) is 1. The molecule has 1 amide bonds. The van der Waals surface area contributed by atoms with E-state index in [1.165, 1.54) is 28.9 Å². The summed E-state index contributed by atoms with van der Waals surface area (Å²) < 4.78 is 0. The summed E-state index contributed by atoms with van der Waals surface area (Å²) in [5, 5.41) is 3.40. The molecular formula is C17H26N2OS. The summed E-state index contributed by atoms with van der Waals surface area (Å²) in [7, 11) is 0. The third-order valence-corrected chi connectivity index (χ3v) is 5.31. The molecular weight excluding hydrogens is 280 g/mol. The van der Waals surface area contributed by atoms with Crippen molar-refractivity contribution >= 4 is 17.7 Å². The zero-order valence-electron chi connectivity index (χ0n) is 13.2. The van der Waals surface area contributed by atoms with Gasteiger partial charge in [-0.05, 0) is 63.8 Å². The highest BCUT2D eigenvalue weighted by atomic mass is 32.2. The topological polar surface area (TPSA) is 55.1 Å². The Balaban J connectivity index is 1.80. The zero-order valence-corrected chi connectivity index (χ0v) is 14.1. The second kappa shape index (κ2) is 6.84. The molecule has 1 aliphatic rings. The molecule has 0 aromatic heterocycles. The van der Waals surface area contributed by atoms with Gasteiger partial charge in [0.25, 0.3) is 0 Å². The first-order valence-corrected chi connectivity index (χ1v) is 8.67. The van der Waals surface area contributed by atoms with Gasteiger partial charge in [0.2, 0.25) is 5.91 Å². The predicted molar refractivity (Wildman–Crippen MR) is 89.6 cm³/mol. The fraction of sp³-hybridized carbons (Fsp3) is 0.588. The Morgan fingerprint density at radius 1 is 1.43 bits per heavy atom. The minimum atomic E-state index is -0.552. The summed E-state index contributed by atoms with van der Waals surface area (Å²) in [5.74, 6) is 0.782. The largest absolute Gasteiger partial charge is 0.368 e. The lowest BCUT2D eigenvalue weighted by Gasteiger charge is -2.27. The Bertz CT molecular complexity index is 514. The van der Waals surface area contributed by atoms with Gasteiger partial charge in [0, 0.05) is 10.9 Å². The van der Waals surface area contributed by atoms with Gasteiger partial charge in [0.1, 0.15) is 0 Å². The Morgan fingerprint density at radius 3 is 2.71 bits per heavy atom. The van der Waals surface area contributed by atoms with Crippen LogP contribution in [0.5, 0.6) is 0 Å². The van der Waals surface area contributed by atoms with Crippen molar-refractivity contribution < 1.29 is 4.79 Å². The van der Waals surface area contributed by atoms with Gasteiger partial charge in [-0.2, -0.15) is 0 Å². The quantitative estimate of drug-likeness (QED) is 0.573. The van der Waals surface area contributed by atoms with Crippen molar-refractivity contribution in [2.24, 2.45) is 5.73 Å². The van der Waals surface area contributed by atoms with Crippen molar-refractivity contribution in [3.8, 4) is 0 Å². The van der Waals surface area contributed by atoms with E-state index in [1.54, 1.807) is 0 Å². The molecule has 1 aromatic carbocycles. The van der Waals surface area contributed by atoms with Crippen LogP contribution in [0.3, 0.4) is 0 Å². The molecule has 0 heterocycles. The van der Waals surface area contributed by atoms with Crippen molar-refractivity contribution in [1.29, 1.82) is 0 Å². The average Bonchev–Trinajstić information content (AvgIpc) is 3.20. The van der Waals surface area contributed by atoms with Crippen LogP contribution in [0.4, 0.5) is 0 Å². The van der Waals surface area contributed by atoms with Crippen molar-refractivity contribution in [1.82, 2.24) is 5.32 Å². The molecule has 3 nitrogen and oxygen atoms in total. The van der Waals surface area contributed by atoms with E-state index < -0.39 is 5.54 Å². The Hall–Kier alpha value is -1.00. The number of primary amides is 1. The Labute approximate surface area is 132 Å². The molecule has 0 radical (unpaired) electrons. The van der Waals surface area contributed by atoms with Crippen molar-refractivity contribution in [3.05, 3.63) is 29.3 Å². The smallest absolute Gasteiger partial charge is 0.237 e. The molecule has 3 N–H and O–H groups in total. The number of amides is 1. The summed E-state index contributed by atoms with van der Waals surface area (Å²) >= 11 is 1.86. The molecule has 1 atom stereocenters. The lowest BCUT2D eigenvalue weighted by Crippen LogP contribution is -2.54. The maximum Gasteiger partial charge on any atom is 0.237 e. The molecule has 1 saturated carbocycles. The minimum absolute atomic E-state index is 0.231. The van der Waals surface area contributed by atoms with Crippen LogP contribution in [0.2, 0.25) is 0 Å². The van der Waals surface area contributed by atoms with E-state index in [1.807, 2.05) is 18.7 Å². The average molecular weight is 306 g/mol. The number of aryl methyl sites for hydroxylation is 2. The van der Waals surface area contributed by atoms with Crippen LogP contribution in [0.1, 0.15) is 43.7 Å². The number of rotatable bonds is 8. The second-order valence-corrected chi connectivity index (χ2v) is 7.47. The summed E-state index contributed by atoms with van der Waals surface area (Å²) in [6.45, 7) is 6.20. The van der Waals surface area contributed by atoms with E-state index in [9.17, 15) is 4.79 Å². The fourth-order valence-corrected chi connectivity index (χ4v) is 3.47. The number of carbonyl (C=O) groups is 1. The molecule has 21 heavy (non-hydrogen) atoms. The molecule has 0 spiro atoms. The maximum absolute atomic E-state index is 11.7. The van der Waals surface area contributed by atoms with Gasteiger partial charge in [-0.25, -0.2) is 0 Å². The first kappa shape index (κ1) is 16.4. The van der Waals surface area contributed by atoms with Crippen LogP contribution in [0.25, 0.3) is 0 Å². The third kappa shape index (κ3) is 4.75. The van der Waals surface area contributed by atoms with Crippen LogP contribution in [0, 0.1) is 13.8 Å². The summed E-state index contributed by atoms with van der Waals surface area (Å²) in [4.78, 5) is 13.0. The molecule has 1 aliphatic carbocycles. The second-order valence-electron chi connectivity index (χ2n) is 6.34. The van der Waals surface area contributed by atoms with Gasteiger partial charge in [-0.1, -0.05) is 17.7 Å². The molecule has 1 fully saturated rings. The normalized spacial score (nSPS) is 17.5. The number of benzene rings is 1. The lowest BCUT2D eigenvalue weighted by atomic mass is 9.95. The molecule has 2 rings (SSSR count). The standard InChI is InChI=1S/C17H26N2OS/c1-12-5-8-15(13(2)11-12)21-10-4-9-17(3,16(18)20)19-14-6-7-14/h5,8,11,14,19H,4,6-7,9-10H2,1-3H3,(H2,18,20). The number of thioether (sulfide) groups is 1. The van der Waals surface area contributed by atoms with Crippen molar-refractivity contribution in [2.45, 2.75) is 62.9 Å². The number of nitrogens with one attached hydrogen (secondary N) is 1. The van der Waals surface area contributed by atoms with Gasteiger partial charge < -0.3 is 11.1 Å². The molecule has 0 saturated heterocycles. The summed E-state index contributed by atoms with van der Waals surface area (Å²) in [5.41, 5.74) is 7.65. The van der Waals surface area contributed by atoms with Gasteiger partial charge in [-0.15, -0.1) is 11.8 Å². The minimum Gasteiger partial charge on any atom is -0.368 e. The Morgan fingerprint density at radius 2 is 2.14 bits per heavy atom. The third-order valence-electron chi connectivity index (χ3n) is 4.05. The van der Waals surface area contributed by atoms with Crippen LogP contribution in [-0.2, 0) is 4.79 Å². The van der Waals surface area contributed by atoms with E-state index >= 15 is 0 Å². The molecule has 0 aliphatic heterocycles. The van der Waals surface area contributed by atoms with Crippen LogP contribution < -0.4 is 11.1 Å². The maximum atomic E-state index is 11.7. The first-order chi connectivity index (χ1) is 9.90. The van der Waals surface area contributed by atoms with Crippen LogP contribution in [-0.4, -0.2) is 23.2 Å². The van der Waals surface area contributed by atoms with Crippen LogP contribution >= 0.6 is 11.8 Å². The predicted octanol–water partition coefficient (Wildman–Crippen LogP) is 3.17. The molecule has 116 valence electrons. The zero-order chi connectivity index (χ0) is 15.5. The lowest BCUT2D eigenvalue weighted by molar-refractivity contribution is -0.124. The van der Waals surface area contributed by atoms with Gasteiger partial charge in [0.15, 0.2) is 0 Å². The van der Waals surface area contributed by atoms with E-state index in [-0.39, 0.29) is 5.91 Å². The molecule has 0 bridgehead atoms. The van der Waals surface area contributed by atoms with Crippen LogP contribution in [0.15, 0.2) is 23.1 Å². The SMILES string of the molecule is Cc1ccc(SCCCC(C)(NC2CC2)C(N)=O)c(C)c1. The highest BCUT2D eigenvalue weighted by Crippen LogP contribution is 2.27. The van der Waals surface area contributed by atoms with E-state index in [4.69, 9.17) is 5.73 Å². The Kier molecular flexibility index (Phi) is 5.33. The van der Waals surface area contributed by atoms with Gasteiger partial charge in [0.05, 0.1) is 5.54 Å². The van der Waals surface area contributed by atoms with Crippen molar-refractivity contribution in [3.63, 3.8) is 0 Å². The number of hydrogen-bond acceptors (Lipinski definition) is 3. The monoisotopic (exact) mass is 306 g/mol. The van der Waals surface area contributed by atoms with E-state index in [0.29, 0.717) is 6.04 Å². The van der Waals surface area contributed by atoms with Gasteiger partial charge in [-0.3, -0.25) is 4.79 Å². The van der Waals surface area contributed by atoms with E-state index in [0.717, 1.165) is 18.6 Å². The van der Waals surface area contributed by atoms with Crippen molar-refractivity contribution in [2.75, 3.05) is 5.75 Å². The number of carbonyl (C=O) groups excluding carboxylic acids is 1. The summed E-state index contributed by atoms with van der Waals surface area (Å²) in [6, 6.07) is 7.04.